The second-order valence-electron chi connectivity index (χ2n) is 7.26. The minimum Gasteiger partial charge on any atom is -0.394 e. The molecule has 0 heterocycles. The van der Waals surface area contributed by atoms with Gasteiger partial charge in [-0.2, -0.15) is 0 Å². The Hall–Kier alpha value is -0.660. The van der Waals surface area contributed by atoms with Crippen molar-refractivity contribution in [2.75, 3.05) is 33.0 Å². The Kier molecular flexibility index (Phi) is 57.3. The number of hydrogen-bond acceptors (Lipinski definition) is 10. The first kappa shape index (κ1) is 56.5. The van der Waals surface area contributed by atoms with Gasteiger partial charge in [-0.25, -0.2) is 0 Å². The van der Waals surface area contributed by atoms with E-state index in [-0.39, 0.29) is 70.1 Å². The predicted molar refractivity (Wildman–Crippen MR) is 156 cm³/mol. The number of aliphatic hydroxyl groups is 8. The Morgan fingerprint density at radius 1 is 0.595 bits per heavy atom. The van der Waals surface area contributed by atoms with E-state index in [0.29, 0.717) is 26.1 Å². The Balaban J connectivity index is -0.000000171. The Morgan fingerprint density at radius 2 is 1.03 bits per heavy atom. The van der Waals surface area contributed by atoms with Crippen LogP contribution in [0.5, 0.6) is 0 Å². The summed E-state index contributed by atoms with van der Waals surface area (Å²) in [5.74, 6) is 0. The molecule has 0 aromatic heterocycles. The molecule has 7 atom stereocenters. The van der Waals surface area contributed by atoms with E-state index in [9.17, 15) is 30.6 Å². The van der Waals surface area contributed by atoms with E-state index in [1.54, 1.807) is 0 Å². The van der Waals surface area contributed by atoms with Crippen molar-refractivity contribution in [3.63, 3.8) is 0 Å². The first-order chi connectivity index (χ1) is 14.8. The molecule has 236 valence electrons. The average Bonchev–Trinajstić information content (AvgIpc) is 2.80. The van der Waals surface area contributed by atoms with E-state index in [1.807, 2.05) is 6.92 Å². The molecular formula is C27H68O10. The molecule has 0 saturated carbocycles. The minimum atomic E-state index is -1.43. The van der Waals surface area contributed by atoms with Crippen molar-refractivity contribution in [3.8, 4) is 0 Å². The molecule has 0 aliphatic heterocycles. The topological polar surface area (TPSA) is 180 Å². The highest BCUT2D eigenvalue weighted by atomic mass is 16.5. The summed E-state index contributed by atoms with van der Waals surface area (Å²) in [5.41, 5.74) is 0. The van der Waals surface area contributed by atoms with Gasteiger partial charge in [0, 0.05) is 13.2 Å². The number of hydrogen-bond donors (Lipinski definition) is 8. The van der Waals surface area contributed by atoms with Crippen LogP contribution in [0.15, 0.2) is 13.2 Å². The van der Waals surface area contributed by atoms with Gasteiger partial charge in [-0.1, -0.05) is 57.9 Å². The van der Waals surface area contributed by atoms with Crippen LogP contribution in [0.4, 0.5) is 0 Å². The molecule has 0 aliphatic carbocycles. The second-order valence-corrected chi connectivity index (χ2v) is 7.26. The van der Waals surface area contributed by atoms with E-state index in [0.717, 1.165) is 12.8 Å². The molecule has 7 unspecified atom stereocenters. The molecule has 0 aromatic carbocycles. The Labute approximate surface area is 229 Å². The molecule has 0 aliphatic rings. The van der Waals surface area contributed by atoms with Crippen LogP contribution in [0.25, 0.3) is 0 Å². The van der Waals surface area contributed by atoms with Gasteiger partial charge < -0.3 is 50.3 Å². The summed E-state index contributed by atoms with van der Waals surface area (Å²) < 4.78 is 11.2. The van der Waals surface area contributed by atoms with E-state index in [4.69, 9.17) is 19.7 Å². The molecule has 0 radical (unpaired) electrons. The molecule has 10 nitrogen and oxygen atoms in total. The lowest BCUT2D eigenvalue weighted by molar-refractivity contribution is -0.0882. The average molecular weight is 553 g/mol. The number of unbranched alkanes of at least 4 members (excludes halogenated alkanes) is 1. The van der Waals surface area contributed by atoms with Crippen molar-refractivity contribution in [2.24, 2.45) is 0 Å². The standard InChI is InChI=1S/C19H40O10.C2H4.6CH4/c1-2-5-13(12-28-9-7-15(23)19(27)17(25)11-21)29-8-4-3-6-14(22)18(26)16(24)10-20;1-2;;;;;;/h13-27H,2-12H2,1H3;1-2H2;6*1H4. The zero-order valence-corrected chi connectivity index (χ0v) is 18.6. The normalized spacial score (nSPS) is 15.3. The fraction of sp³-hybridized carbons (Fsp3) is 0.926. The van der Waals surface area contributed by atoms with Crippen molar-refractivity contribution in [1.82, 2.24) is 0 Å². The van der Waals surface area contributed by atoms with Crippen molar-refractivity contribution in [2.45, 2.75) is 133 Å². The summed E-state index contributed by atoms with van der Waals surface area (Å²) in [6.45, 7) is 7.67. The predicted octanol–water partition coefficient (Wildman–Crippen LogP) is 2.52. The van der Waals surface area contributed by atoms with E-state index < -0.39 is 49.8 Å². The molecule has 0 amide bonds. The van der Waals surface area contributed by atoms with E-state index >= 15 is 0 Å². The maximum absolute atomic E-state index is 9.74. The van der Waals surface area contributed by atoms with Gasteiger partial charge >= 0.3 is 0 Å². The lowest BCUT2D eigenvalue weighted by Crippen LogP contribution is -2.40. The molecule has 0 rings (SSSR count). The largest absolute Gasteiger partial charge is 0.394 e. The molecule has 37 heavy (non-hydrogen) atoms. The summed E-state index contributed by atoms with van der Waals surface area (Å²) >= 11 is 0. The first-order valence-electron chi connectivity index (χ1n) is 10.8. The zero-order chi connectivity index (χ0) is 24.2. The molecule has 0 bridgehead atoms. The van der Waals surface area contributed by atoms with E-state index in [1.165, 1.54) is 0 Å². The third-order valence-corrected chi connectivity index (χ3v) is 4.67. The molecule has 0 spiro atoms. The zero-order valence-electron chi connectivity index (χ0n) is 18.6. The number of rotatable bonds is 19. The van der Waals surface area contributed by atoms with Crippen molar-refractivity contribution >= 4 is 0 Å². The smallest absolute Gasteiger partial charge is 0.108 e. The van der Waals surface area contributed by atoms with Crippen molar-refractivity contribution in [3.05, 3.63) is 13.2 Å². The highest BCUT2D eigenvalue weighted by Crippen LogP contribution is 2.11. The van der Waals surface area contributed by atoms with Crippen LogP contribution >= 0.6 is 0 Å². The maximum Gasteiger partial charge on any atom is 0.108 e. The fourth-order valence-electron chi connectivity index (χ4n) is 2.73. The van der Waals surface area contributed by atoms with Crippen LogP contribution in [-0.4, -0.2) is 117 Å². The fourth-order valence-corrected chi connectivity index (χ4v) is 2.73. The molecule has 0 aromatic rings. The molecular weight excluding hydrogens is 484 g/mol. The van der Waals surface area contributed by atoms with Gasteiger partial charge in [-0.3, -0.25) is 0 Å². The van der Waals surface area contributed by atoms with Gasteiger partial charge in [0.15, 0.2) is 0 Å². The van der Waals surface area contributed by atoms with Gasteiger partial charge in [0.25, 0.3) is 0 Å². The van der Waals surface area contributed by atoms with Crippen LogP contribution in [0.2, 0.25) is 0 Å². The number of aliphatic hydroxyl groups excluding tert-OH is 8. The highest BCUT2D eigenvalue weighted by Gasteiger charge is 2.24. The SMILES string of the molecule is C.C.C.C.C.C.C=C.CCCC(COCCC(O)C(O)C(O)CO)OCCCCC(O)C(O)C(O)CO. The summed E-state index contributed by atoms with van der Waals surface area (Å²) in [5, 5.41) is 74.7. The highest BCUT2D eigenvalue weighted by molar-refractivity contribution is 4.75. The van der Waals surface area contributed by atoms with Crippen LogP contribution in [0, 0.1) is 0 Å². The summed E-state index contributed by atoms with van der Waals surface area (Å²) in [4.78, 5) is 0. The molecule has 0 saturated heterocycles. The summed E-state index contributed by atoms with van der Waals surface area (Å²) in [7, 11) is 0. The summed E-state index contributed by atoms with van der Waals surface area (Å²) in [6, 6.07) is 0. The van der Waals surface area contributed by atoms with Crippen LogP contribution in [0.1, 0.15) is 90.0 Å². The van der Waals surface area contributed by atoms with Gasteiger partial charge in [0.1, 0.15) is 24.4 Å². The van der Waals surface area contributed by atoms with Crippen LogP contribution in [0.3, 0.4) is 0 Å². The lowest BCUT2D eigenvalue weighted by Gasteiger charge is -2.22. The third-order valence-electron chi connectivity index (χ3n) is 4.67. The van der Waals surface area contributed by atoms with Crippen molar-refractivity contribution < 1.29 is 50.3 Å². The Morgan fingerprint density at radius 3 is 1.43 bits per heavy atom. The van der Waals surface area contributed by atoms with E-state index in [2.05, 4.69) is 13.2 Å². The van der Waals surface area contributed by atoms with Gasteiger partial charge in [0.2, 0.25) is 0 Å². The molecule has 0 fully saturated rings. The van der Waals surface area contributed by atoms with Gasteiger partial charge in [-0.05, 0) is 32.1 Å². The summed E-state index contributed by atoms with van der Waals surface area (Å²) in [6.07, 6.45) is -4.76. The molecule has 8 N–H and O–H groups in total. The second kappa shape index (κ2) is 37.5. The van der Waals surface area contributed by atoms with Gasteiger partial charge in [0.05, 0.1) is 38.1 Å². The number of ether oxygens (including phenoxy) is 2. The molecule has 10 heteroatoms. The van der Waals surface area contributed by atoms with Crippen LogP contribution in [-0.2, 0) is 9.47 Å². The lowest BCUT2D eigenvalue weighted by atomic mass is 10.0. The first-order valence-corrected chi connectivity index (χ1v) is 10.8. The quantitative estimate of drug-likeness (QED) is 0.0876. The maximum atomic E-state index is 9.74. The van der Waals surface area contributed by atoms with Crippen LogP contribution < -0.4 is 0 Å². The van der Waals surface area contributed by atoms with Crippen molar-refractivity contribution in [1.29, 1.82) is 0 Å². The Bertz CT molecular complexity index is 390. The minimum absolute atomic E-state index is 0. The third kappa shape index (κ3) is 28.2. The monoisotopic (exact) mass is 552 g/mol. The van der Waals surface area contributed by atoms with Gasteiger partial charge in [-0.15, -0.1) is 13.2 Å².